The summed E-state index contributed by atoms with van der Waals surface area (Å²) in [5.74, 6) is 0.0583. The summed E-state index contributed by atoms with van der Waals surface area (Å²) in [6, 6.07) is 0.594. The van der Waals surface area contributed by atoms with Crippen LogP contribution in [0.1, 0.15) is 33.6 Å². The Balaban J connectivity index is 0. The van der Waals surface area contributed by atoms with Gasteiger partial charge in [0.1, 0.15) is 0 Å². The minimum atomic E-state index is -0.381. The Morgan fingerprint density at radius 1 is 1.22 bits per heavy atom. The van der Waals surface area contributed by atoms with E-state index >= 15 is 0 Å². The second kappa shape index (κ2) is 8.97. The van der Waals surface area contributed by atoms with E-state index in [1.165, 1.54) is 0 Å². The maximum atomic E-state index is 11.7. The van der Waals surface area contributed by atoms with Crippen LogP contribution in [0, 0.1) is 0 Å². The molecule has 1 amide bonds. The van der Waals surface area contributed by atoms with Crippen molar-refractivity contribution >= 4 is 30.7 Å². The molecule has 1 aliphatic heterocycles. The number of nitrogens with two attached hydrogens (primary N) is 1. The topological polar surface area (TPSA) is 49.6 Å². The molecule has 0 aromatic carbocycles. The molecule has 110 valence electrons. The Hall–Kier alpha value is -0.0300. The SMILES string of the molecule is CC(N)C(=O)N(C)C1CCN(C(C)C)CC1.Cl.Cl. The first-order valence-electron chi connectivity index (χ1n) is 6.19. The van der Waals surface area contributed by atoms with Crippen molar-refractivity contribution in [2.75, 3.05) is 20.1 Å². The molecule has 1 fully saturated rings. The zero-order valence-electron chi connectivity index (χ0n) is 11.8. The molecule has 6 heteroatoms. The van der Waals surface area contributed by atoms with Gasteiger partial charge in [0.15, 0.2) is 0 Å². The molecule has 0 saturated carbocycles. The van der Waals surface area contributed by atoms with Gasteiger partial charge in [0.05, 0.1) is 6.04 Å². The van der Waals surface area contributed by atoms with Crippen LogP contribution < -0.4 is 5.73 Å². The number of hydrogen-bond acceptors (Lipinski definition) is 3. The standard InChI is InChI=1S/C12H25N3O.2ClH/c1-9(2)15-7-5-11(6-8-15)14(4)12(16)10(3)13;;/h9-11H,5-8,13H2,1-4H3;2*1H. The van der Waals surface area contributed by atoms with E-state index in [4.69, 9.17) is 5.73 Å². The second-order valence-electron chi connectivity index (χ2n) is 5.10. The smallest absolute Gasteiger partial charge is 0.239 e. The maximum Gasteiger partial charge on any atom is 0.239 e. The molecule has 0 aliphatic carbocycles. The number of carbonyl (C=O) groups is 1. The minimum Gasteiger partial charge on any atom is -0.341 e. The summed E-state index contributed by atoms with van der Waals surface area (Å²) in [5.41, 5.74) is 5.62. The van der Waals surface area contributed by atoms with Gasteiger partial charge in [-0.1, -0.05) is 0 Å². The summed E-state index contributed by atoms with van der Waals surface area (Å²) < 4.78 is 0. The number of carbonyl (C=O) groups excluding carboxylic acids is 1. The fraction of sp³-hybridized carbons (Fsp3) is 0.917. The molecule has 18 heavy (non-hydrogen) atoms. The van der Waals surface area contributed by atoms with Crippen LogP contribution in [0.15, 0.2) is 0 Å². The van der Waals surface area contributed by atoms with Crippen LogP contribution in [0.5, 0.6) is 0 Å². The van der Waals surface area contributed by atoms with Crippen molar-refractivity contribution in [3.8, 4) is 0 Å². The molecule has 2 N–H and O–H groups in total. The summed E-state index contributed by atoms with van der Waals surface area (Å²) >= 11 is 0. The van der Waals surface area contributed by atoms with E-state index < -0.39 is 0 Å². The van der Waals surface area contributed by atoms with Gasteiger partial charge in [0, 0.05) is 32.2 Å². The molecule has 0 spiro atoms. The fourth-order valence-corrected chi connectivity index (χ4v) is 2.29. The van der Waals surface area contributed by atoms with Gasteiger partial charge in [-0.2, -0.15) is 0 Å². The minimum absolute atomic E-state index is 0. The lowest BCUT2D eigenvalue weighted by Crippen LogP contribution is -2.50. The van der Waals surface area contributed by atoms with E-state index in [1.807, 2.05) is 11.9 Å². The molecular weight excluding hydrogens is 273 g/mol. The number of halogens is 2. The molecule has 1 aliphatic rings. The molecule has 0 aromatic heterocycles. The van der Waals surface area contributed by atoms with E-state index in [0.29, 0.717) is 12.1 Å². The molecule has 1 heterocycles. The first-order valence-corrected chi connectivity index (χ1v) is 6.19. The predicted octanol–water partition coefficient (Wildman–Crippen LogP) is 1.51. The largest absolute Gasteiger partial charge is 0.341 e. The van der Waals surface area contributed by atoms with Gasteiger partial charge in [-0.25, -0.2) is 0 Å². The van der Waals surface area contributed by atoms with E-state index in [0.717, 1.165) is 25.9 Å². The van der Waals surface area contributed by atoms with Crippen molar-refractivity contribution in [3.05, 3.63) is 0 Å². The first kappa shape index (κ1) is 20.3. The normalized spacial score (nSPS) is 18.8. The van der Waals surface area contributed by atoms with Crippen LogP contribution in [0.25, 0.3) is 0 Å². The van der Waals surface area contributed by atoms with Gasteiger partial charge in [-0.05, 0) is 33.6 Å². The van der Waals surface area contributed by atoms with E-state index in [9.17, 15) is 4.79 Å². The third kappa shape index (κ3) is 5.31. The van der Waals surface area contributed by atoms with Gasteiger partial charge in [0.2, 0.25) is 5.91 Å². The Bertz CT molecular complexity index is 241. The second-order valence-corrected chi connectivity index (χ2v) is 5.10. The Kier molecular flexibility index (Phi) is 10.1. The number of rotatable bonds is 3. The van der Waals surface area contributed by atoms with E-state index in [1.54, 1.807) is 6.92 Å². The molecule has 1 rings (SSSR count). The monoisotopic (exact) mass is 299 g/mol. The summed E-state index contributed by atoms with van der Waals surface area (Å²) in [6.45, 7) is 8.36. The average Bonchev–Trinajstić information content (AvgIpc) is 2.27. The van der Waals surface area contributed by atoms with Gasteiger partial charge in [-0.3, -0.25) is 4.79 Å². The number of amides is 1. The number of hydrogen-bond donors (Lipinski definition) is 1. The van der Waals surface area contributed by atoms with Crippen LogP contribution in [-0.4, -0.2) is 54.0 Å². The first-order chi connectivity index (χ1) is 7.43. The highest BCUT2D eigenvalue weighted by Crippen LogP contribution is 2.17. The molecule has 1 atom stereocenters. The number of nitrogens with zero attached hydrogens (tertiary/aromatic N) is 2. The van der Waals surface area contributed by atoms with Crippen LogP contribution in [0.3, 0.4) is 0 Å². The third-order valence-electron chi connectivity index (χ3n) is 3.51. The maximum absolute atomic E-state index is 11.7. The van der Waals surface area contributed by atoms with Gasteiger partial charge < -0.3 is 15.5 Å². The van der Waals surface area contributed by atoms with Crippen LogP contribution in [-0.2, 0) is 4.79 Å². The third-order valence-corrected chi connectivity index (χ3v) is 3.51. The highest BCUT2D eigenvalue weighted by Gasteiger charge is 2.27. The number of piperidine rings is 1. The Morgan fingerprint density at radius 3 is 2.00 bits per heavy atom. The Morgan fingerprint density at radius 2 is 1.67 bits per heavy atom. The molecule has 1 unspecified atom stereocenters. The van der Waals surface area contributed by atoms with E-state index in [-0.39, 0.29) is 36.8 Å². The van der Waals surface area contributed by atoms with Crippen LogP contribution in [0.4, 0.5) is 0 Å². The van der Waals surface area contributed by atoms with Crippen molar-refractivity contribution in [3.63, 3.8) is 0 Å². The lowest BCUT2D eigenvalue weighted by molar-refractivity contribution is -0.133. The summed E-state index contributed by atoms with van der Waals surface area (Å²) in [5, 5.41) is 0. The van der Waals surface area contributed by atoms with Crippen molar-refractivity contribution in [1.82, 2.24) is 9.80 Å². The average molecular weight is 300 g/mol. The van der Waals surface area contributed by atoms with Gasteiger partial charge in [-0.15, -0.1) is 24.8 Å². The lowest BCUT2D eigenvalue weighted by Gasteiger charge is -2.39. The van der Waals surface area contributed by atoms with Crippen molar-refractivity contribution in [1.29, 1.82) is 0 Å². The lowest BCUT2D eigenvalue weighted by atomic mass is 10.0. The molecule has 1 saturated heterocycles. The quantitative estimate of drug-likeness (QED) is 0.859. The zero-order chi connectivity index (χ0) is 12.3. The number of likely N-dealkylation sites (tertiary alicyclic amines) is 1. The van der Waals surface area contributed by atoms with E-state index in [2.05, 4.69) is 18.7 Å². The van der Waals surface area contributed by atoms with Crippen molar-refractivity contribution in [2.45, 2.75) is 51.7 Å². The predicted molar refractivity (Wildman–Crippen MR) is 80.6 cm³/mol. The zero-order valence-corrected chi connectivity index (χ0v) is 13.4. The van der Waals surface area contributed by atoms with Crippen molar-refractivity contribution in [2.24, 2.45) is 5.73 Å². The summed E-state index contributed by atoms with van der Waals surface area (Å²) in [4.78, 5) is 16.0. The summed E-state index contributed by atoms with van der Waals surface area (Å²) in [7, 11) is 1.88. The molecule has 0 aromatic rings. The molecular formula is C12H27Cl2N3O. The summed E-state index contributed by atoms with van der Waals surface area (Å²) in [6.07, 6.45) is 2.13. The Labute approximate surface area is 123 Å². The van der Waals surface area contributed by atoms with Crippen molar-refractivity contribution < 1.29 is 4.79 Å². The van der Waals surface area contributed by atoms with Gasteiger partial charge >= 0.3 is 0 Å². The van der Waals surface area contributed by atoms with Crippen LogP contribution >= 0.6 is 24.8 Å². The molecule has 4 nitrogen and oxygen atoms in total. The number of likely N-dealkylation sites (N-methyl/N-ethyl adjacent to an activating group) is 1. The highest BCUT2D eigenvalue weighted by atomic mass is 35.5. The van der Waals surface area contributed by atoms with Crippen LogP contribution in [0.2, 0.25) is 0 Å². The molecule has 0 radical (unpaired) electrons. The fourth-order valence-electron chi connectivity index (χ4n) is 2.29. The highest BCUT2D eigenvalue weighted by molar-refractivity contribution is 5.85. The van der Waals surface area contributed by atoms with Gasteiger partial charge in [0.25, 0.3) is 0 Å². The molecule has 0 bridgehead atoms.